The summed E-state index contributed by atoms with van der Waals surface area (Å²) in [4.78, 5) is 22.2. The molecule has 0 atom stereocenters. The minimum absolute atomic E-state index is 0.0171. The zero-order valence-electron chi connectivity index (χ0n) is 13.8. The van der Waals surface area contributed by atoms with Crippen LogP contribution in [0.15, 0.2) is 24.4 Å². The molecule has 128 valence electrons. The number of carbonyl (C=O) groups excluding carboxylic acids is 1. The lowest BCUT2D eigenvalue weighted by molar-refractivity contribution is -0.123. The Morgan fingerprint density at radius 1 is 1.33 bits per heavy atom. The second-order valence-corrected chi connectivity index (χ2v) is 5.93. The van der Waals surface area contributed by atoms with E-state index >= 15 is 0 Å². The highest BCUT2D eigenvalue weighted by Gasteiger charge is 2.22. The van der Waals surface area contributed by atoms with Crippen molar-refractivity contribution in [3.63, 3.8) is 0 Å². The summed E-state index contributed by atoms with van der Waals surface area (Å²) in [6.45, 7) is 3.07. The van der Waals surface area contributed by atoms with Crippen LogP contribution < -0.4 is 15.2 Å². The van der Waals surface area contributed by atoms with Crippen LogP contribution in [-0.4, -0.2) is 54.1 Å². The van der Waals surface area contributed by atoms with Crippen molar-refractivity contribution in [2.45, 2.75) is 12.8 Å². The summed E-state index contributed by atoms with van der Waals surface area (Å²) < 4.78 is 10.9. The Morgan fingerprint density at radius 3 is 2.83 bits per heavy atom. The maximum atomic E-state index is 11.2. The molecule has 1 aliphatic heterocycles. The van der Waals surface area contributed by atoms with E-state index in [2.05, 4.69) is 14.9 Å². The van der Waals surface area contributed by atoms with Crippen LogP contribution in [0.2, 0.25) is 0 Å². The summed E-state index contributed by atoms with van der Waals surface area (Å²) in [5.74, 6) is 1.07. The van der Waals surface area contributed by atoms with Crippen LogP contribution in [0.1, 0.15) is 12.8 Å². The van der Waals surface area contributed by atoms with Gasteiger partial charge in [-0.05, 0) is 38.1 Å². The second kappa shape index (κ2) is 7.44. The van der Waals surface area contributed by atoms with Gasteiger partial charge in [-0.2, -0.15) is 0 Å². The maximum Gasteiger partial charge on any atom is 0.232 e. The molecule has 0 spiro atoms. The molecule has 0 aliphatic carbocycles. The Labute approximate surface area is 140 Å². The van der Waals surface area contributed by atoms with E-state index in [0.717, 1.165) is 49.3 Å². The third kappa shape index (κ3) is 3.91. The molecule has 1 aromatic heterocycles. The number of rotatable bonds is 6. The highest BCUT2D eigenvalue weighted by Crippen LogP contribution is 2.20. The fourth-order valence-corrected chi connectivity index (χ4v) is 2.89. The molecule has 1 fully saturated rings. The number of methoxy groups -OCH3 is 1. The molecule has 2 aromatic rings. The molecular weight excluding hydrogens is 308 g/mol. The van der Waals surface area contributed by atoms with Gasteiger partial charge >= 0.3 is 0 Å². The Kier molecular flexibility index (Phi) is 5.10. The number of primary amides is 1. The number of carbonyl (C=O) groups is 1. The predicted molar refractivity (Wildman–Crippen MR) is 89.9 cm³/mol. The Morgan fingerprint density at radius 2 is 2.12 bits per heavy atom. The fourth-order valence-electron chi connectivity index (χ4n) is 2.89. The Hall–Kier alpha value is -2.41. The van der Waals surface area contributed by atoms with Crippen LogP contribution in [0.5, 0.6) is 11.6 Å². The van der Waals surface area contributed by atoms with Crippen molar-refractivity contribution in [2.75, 3.05) is 33.4 Å². The molecule has 7 heteroatoms. The first-order chi connectivity index (χ1) is 11.7. The number of ether oxygens (including phenoxy) is 2. The molecule has 2 N–H and O–H groups in total. The van der Waals surface area contributed by atoms with Crippen LogP contribution in [0.4, 0.5) is 0 Å². The summed E-state index contributed by atoms with van der Waals surface area (Å²) in [6.07, 6.45) is 3.28. The molecule has 1 amide bonds. The minimum atomic E-state index is -0.187. The van der Waals surface area contributed by atoms with Crippen molar-refractivity contribution in [3.05, 3.63) is 24.4 Å². The predicted octanol–water partition coefficient (Wildman–Crippen LogP) is 1.21. The molecule has 24 heavy (non-hydrogen) atoms. The fraction of sp³-hybridized carbons (Fsp3) is 0.471. The smallest absolute Gasteiger partial charge is 0.232 e. The number of hydrogen-bond acceptors (Lipinski definition) is 6. The van der Waals surface area contributed by atoms with Gasteiger partial charge < -0.3 is 15.2 Å². The molecule has 7 nitrogen and oxygen atoms in total. The number of hydrogen-bond donors (Lipinski definition) is 1. The lowest BCUT2D eigenvalue weighted by Crippen LogP contribution is -2.40. The number of nitrogens with zero attached hydrogens (tertiary/aromatic N) is 3. The van der Waals surface area contributed by atoms with Gasteiger partial charge in [-0.1, -0.05) is 0 Å². The van der Waals surface area contributed by atoms with Gasteiger partial charge in [0.05, 0.1) is 24.3 Å². The van der Waals surface area contributed by atoms with Gasteiger partial charge in [-0.15, -0.1) is 0 Å². The number of nitrogens with two attached hydrogens (primary N) is 1. The minimum Gasteiger partial charge on any atom is -0.497 e. The van der Waals surface area contributed by atoms with E-state index in [-0.39, 0.29) is 11.8 Å². The number of benzene rings is 1. The molecule has 1 aromatic carbocycles. The largest absolute Gasteiger partial charge is 0.497 e. The average molecular weight is 330 g/mol. The first-order valence-electron chi connectivity index (χ1n) is 8.11. The molecule has 1 aliphatic rings. The molecule has 3 rings (SSSR count). The maximum absolute atomic E-state index is 11.2. The summed E-state index contributed by atoms with van der Waals surface area (Å²) in [7, 11) is 1.62. The highest BCUT2D eigenvalue weighted by atomic mass is 16.5. The SMILES string of the molecule is COc1ccc2ncc(OCCN3CCC(C(N)=O)CC3)nc2c1. The van der Waals surface area contributed by atoms with E-state index in [1.807, 2.05) is 18.2 Å². The zero-order valence-corrected chi connectivity index (χ0v) is 13.8. The van der Waals surface area contributed by atoms with E-state index in [0.29, 0.717) is 12.5 Å². The van der Waals surface area contributed by atoms with E-state index in [1.54, 1.807) is 13.3 Å². The highest BCUT2D eigenvalue weighted by molar-refractivity contribution is 5.77. The lowest BCUT2D eigenvalue weighted by atomic mass is 9.96. The number of amides is 1. The standard InChI is InChI=1S/C17H22N4O3/c1-23-13-2-3-14-15(10-13)20-16(11-19-14)24-9-8-21-6-4-12(5-7-21)17(18)22/h2-3,10-12H,4-9H2,1H3,(H2,18,22). The van der Waals surface area contributed by atoms with Crippen LogP contribution in [0.25, 0.3) is 11.0 Å². The zero-order chi connectivity index (χ0) is 16.9. The van der Waals surface area contributed by atoms with E-state index < -0.39 is 0 Å². The Bertz CT molecular complexity index is 714. The number of piperidine rings is 1. The van der Waals surface area contributed by atoms with Gasteiger partial charge in [0, 0.05) is 18.5 Å². The average Bonchev–Trinajstić information content (AvgIpc) is 2.61. The first-order valence-corrected chi connectivity index (χ1v) is 8.11. The monoisotopic (exact) mass is 330 g/mol. The molecule has 0 bridgehead atoms. The van der Waals surface area contributed by atoms with Crippen molar-refractivity contribution >= 4 is 16.9 Å². The third-order valence-corrected chi connectivity index (χ3v) is 4.37. The van der Waals surface area contributed by atoms with Crippen LogP contribution >= 0.6 is 0 Å². The van der Waals surface area contributed by atoms with Gasteiger partial charge in [0.25, 0.3) is 0 Å². The van der Waals surface area contributed by atoms with Gasteiger partial charge in [-0.25, -0.2) is 9.97 Å². The van der Waals surface area contributed by atoms with Gasteiger partial charge in [0.2, 0.25) is 11.8 Å². The first kappa shape index (κ1) is 16.4. The summed E-state index contributed by atoms with van der Waals surface area (Å²) in [5, 5.41) is 0. The summed E-state index contributed by atoms with van der Waals surface area (Å²) in [5.41, 5.74) is 6.90. The molecule has 2 heterocycles. The number of likely N-dealkylation sites (tertiary alicyclic amines) is 1. The number of aromatic nitrogens is 2. The van der Waals surface area contributed by atoms with Gasteiger partial charge in [-0.3, -0.25) is 9.69 Å². The molecule has 1 saturated heterocycles. The van der Waals surface area contributed by atoms with Crippen LogP contribution in [0, 0.1) is 5.92 Å². The molecule has 0 unspecified atom stereocenters. The quantitative estimate of drug-likeness (QED) is 0.856. The van der Waals surface area contributed by atoms with Crippen molar-refractivity contribution in [1.82, 2.24) is 14.9 Å². The normalized spacial score (nSPS) is 16.2. The van der Waals surface area contributed by atoms with Crippen molar-refractivity contribution in [3.8, 4) is 11.6 Å². The van der Waals surface area contributed by atoms with Crippen molar-refractivity contribution in [2.24, 2.45) is 11.7 Å². The lowest BCUT2D eigenvalue weighted by Gasteiger charge is -2.30. The van der Waals surface area contributed by atoms with E-state index in [1.165, 1.54) is 0 Å². The molecule has 0 saturated carbocycles. The van der Waals surface area contributed by atoms with Crippen molar-refractivity contribution in [1.29, 1.82) is 0 Å². The van der Waals surface area contributed by atoms with Gasteiger partial charge in [0.15, 0.2) is 0 Å². The Balaban J connectivity index is 1.52. The van der Waals surface area contributed by atoms with Crippen LogP contribution in [-0.2, 0) is 4.79 Å². The number of fused-ring (bicyclic) bond motifs is 1. The van der Waals surface area contributed by atoms with E-state index in [9.17, 15) is 4.79 Å². The topological polar surface area (TPSA) is 90.6 Å². The second-order valence-electron chi connectivity index (χ2n) is 5.93. The van der Waals surface area contributed by atoms with Gasteiger partial charge in [0.1, 0.15) is 12.4 Å². The molecular formula is C17H22N4O3. The summed E-state index contributed by atoms with van der Waals surface area (Å²) in [6, 6.07) is 5.56. The van der Waals surface area contributed by atoms with Crippen molar-refractivity contribution < 1.29 is 14.3 Å². The third-order valence-electron chi connectivity index (χ3n) is 4.37. The van der Waals surface area contributed by atoms with Crippen LogP contribution in [0.3, 0.4) is 0 Å². The summed E-state index contributed by atoms with van der Waals surface area (Å²) >= 11 is 0. The molecule has 0 radical (unpaired) electrons. The van der Waals surface area contributed by atoms with E-state index in [4.69, 9.17) is 15.2 Å².